The fourth-order valence-electron chi connectivity index (χ4n) is 2.62. The molecule has 1 heterocycles. The zero-order valence-electron chi connectivity index (χ0n) is 12.8. The molecule has 0 bridgehead atoms. The van der Waals surface area contributed by atoms with E-state index in [-0.39, 0.29) is 5.91 Å². The molecule has 1 atom stereocenters. The molecule has 2 aromatic carbocycles. The summed E-state index contributed by atoms with van der Waals surface area (Å²) in [7, 11) is 0. The molecule has 1 aromatic heterocycles. The van der Waals surface area contributed by atoms with E-state index in [2.05, 4.69) is 16.4 Å². The third kappa shape index (κ3) is 3.73. The third-order valence-corrected chi connectivity index (χ3v) is 3.80. The van der Waals surface area contributed by atoms with Crippen molar-refractivity contribution in [1.82, 2.24) is 10.3 Å². The number of primary amides is 1. The Labute approximate surface area is 135 Å². The minimum atomic E-state index is -0.475. The summed E-state index contributed by atoms with van der Waals surface area (Å²) < 4.78 is 0. The van der Waals surface area contributed by atoms with Crippen molar-refractivity contribution < 1.29 is 4.79 Å². The van der Waals surface area contributed by atoms with Gasteiger partial charge >= 0.3 is 0 Å². The minimum Gasteiger partial charge on any atom is -0.368 e. The molecule has 0 spiro atoms. The summed E-state index contributed by atoms with van der Waals surface area (Å²) in [6.07, 6.45) is 0.738. The first-order valence-corrected chi connectivity index (χ1v) is 7.66. The van der Waals surface area contributed by atoms with Crippen LogP contribution in [-0.2, 0) is 11.2 Å². The molecule has 4 nitrogen and oxygen atoms in total. The predicted molar refractivity (Wildman–Crippen MR) is 91.8 cm³/mol. The van der Waals surface area contributed by atoms with Crippen LogP contribution in [0.5, 0.6) is 0 Å². The first kappa shape index (κ1) is 15.2. The van der Waals surface area contributed by atoms with E-state index in [1.165, 1.54) is 0 Å². The van der Waals surface area contributed by atoms with E-state index in [1.807, 2.05) is 60.7 Å². The van der Waals surface area contributed by atoms with Crippen LogP contribution in [0.3, 0.4) is 0 Å². The molecule has 0 aliphatic carbocycles. The molecule has 23 heavy (non-hydrogen) atoms. The summed E-state index contributed by atoms with van der Waals surface area (Å²) in [6, 6.07) is 21.2. The largest absolute Gasteiger partial charge is 0.368 e. The number of carbonyl (C=O) groups is 1. The number of nitrogens with zero attached hydrogens (tertiary/aromatic N) is 1. The topological polar surface area (TPSA) is 68.0 Å². The molecule has 4 heteroatoms. The fraction of sp³-hybridized carbons (Fsp3) is 0.158. The van der Waals surface area contributed by atoms with Crippen molar-refractivity contribution >= 4 is 16.8 Å². The predicted octanol–water partition coefficient (Wildman–Crippen LogP) is 2.59. The Bertz CT molecular complexity index is 802. The third-order valence-electron chi connectivity index (χ3n) is 3.80. The van der Waals surface area contributed by atoms with Crippen molar-refractivity contribution in [2.45, 2.75) is 12.5 Å². The van der Waals surface area contributed by atoms with Gasteiger partial charge in [0.2, 0.25) is 5.91 Å². The molecule has 0 saturated heterocycles. The van der Waals surface area contributed by atoms with Crippen LogP contribution in [0.4, 0.5) is 0 Å². The number of hydrogen-bond donors (Lipinski definition) is 2. The SMILES string of the molecule is NC(=O)C(NCCc1ccc2ccccc2n1)c1ccccc1. The van der Waals surface area contributed by atoms with Gasteiger partial charge in [0.05, 0.1) is 5.52 Å². The smallest absolute Gasteiger partial charge is 0.239 e. The van der Waals surface area contributed by atoms with Crippen molar-refractivity contribution in [2.75, 3.05) is 6.54 Å². The van der Waals surface area contributed by atoms with Crippen molar-refractivity contribution in [1.29, 1.82) is 0 Å². The van der Waals surface area contributed by atoms with Gasteiger partial charge in [-0.2, -0.15) is 0 Å². The molecule has 0 fully saturated rings. The molecule has 3 rings (SSSR count). The molecule has 0 aliphatic heterocycles. The number of amides is 1. The van der Waals surface area contributed by atoms with Gasteiger partial charge in [0.25, 0.3) is 0 Å². The van der Waals surface area contributed by atoms with Crippen LogP contribution in [0, 0.1) is 0 Å². The second-order valence-corrected chi connectivity index (χ2v) is 5.45. The van der Waals surface area contributed by atoms with E-state index >= 15 is 0 Å². The lowest BCUT2D eigenvalue weighted by Gasteiger charge is -2.15. The lowest BCUT2D eigenvalue weighted by molar-refractivity contribution is -0.120. The molecule has 0 saturated carbocycles. The minimum absolute atomic E-state index is 0.373. The van der Waals surface area contributed by atoms with Gasteiger partial charge in [0, 0.05) is 24.0 Å². The second-order valence-electron chi connectivity index (χ2n) is 5.45. The number of aromatic nitrogens is 1. The fourth-order valence-corrected chi connectivity index (χ4v) is 2.62. The number of nitrogens with two attached hydrogens (primary N) is 1. The van der Waals surface area contributed by atoms with Gasteiger partial charge in [-0.1, -0.05) is 54.6 Å². The number of pyridine rings is 1. The molecule has 0 radical (unpaired) electrons. The maximum atomic E-state index is 11.7. The number of carbonyl (C=O) groups excluding carboxylic acids is 1. The monoisotopic (exact) mass is 305 g/mol. The van der Waals surface area contributed by atoms with E-state index in [9.17, 15) is 4.79 Å². The number of rotatable bonds is 6. The number of benzene rings is 2. The maximum Gasteiger partial charge on any atom is 0.239 e. The van der Waals surface area contributed by atoms with Crippen LogP contribution < -0.4 is 11.1 Å². The zero-order valence-corrected chi connectivity index (χ0v) is 12.8. The van der Waals surface area contributed by atoms with Crippen molar-refractivity contribution in [3.63, 3.8) is 0 Å². The van der Waals surface area contributed by atoms with Crippen LogP contribution in [0.2, 0.25) is 0 Å². The average Bonchev–Trinajstić information content (AvgIpc) is 2.59. The summed E-state index contributed by atoms with van der Waals surface area (Å²) in [6.45, 7) is 0.633. The number of fused-ring (bicyclic) bond motifs is 1. The van der Waals surface area contributed by atoms with E-state index in [0.29, 0.717) is 6.54 Å². The summed E-state index contributed by atoms with van der Waals surface area (Å²) in [5, 5.41) is 4.35. The first-order valence-electron chi connectivity index (χ1n) is 7.66. The Morgan fingerprint density at radius 3 is 2.52 bits per heavy atom. The maximum absolute atomic E-state index is 11.7. The molecule has 1 unspecified atom stereocenters. The van der Waals surface area contributed by atoms with Crippen molar-refractivity contribution in [3.8, 4) is 0 Å². The Balaban J connectivity index is 1.65. The molecule has 1 amide bonds. The van der Waals surface area contributed by atoms with Gasteiger partial charge in [-0.15, -0.1) is 0 Å². The van der Waals surface area contributed by atoms with Gasteiger partial charge in [-0.3, -0.25) is 9.78 Å². The molecule has 3 N–H and O–H groups in total. The Kier molecular flexibility index (Phi) is 4.64. The molecule has 3 aromatic rings. The Morgan fingerprint density at radius 1 is 1.00 bits per heavy atom. The summed E-state index contributed by atoms with van der Waals surface area (Å²) in [4.78, 5) is 16.3. The van der Waals surface area contributed by atoms with Crippen LogP contribution in [0.15, 0.2) is 66.7 Å². The van der Waals surface area contributed by atoms with Gasteiger partial charge in [0.15, 0.2) is 0 Å². The van der Waals surface area contributed by atoms with Gasteiger partial charge in [0.1, 0.15) is 6.04 Å². The number of para-hydroxylation sites is 1. The van der Waals surface area contributed by atoms with Crippen molar-refractivity contribution in [2.24, 2.45) is 5.73 Å². The zero-order chi connectivity index (χ0) is 16.1. The Hall–Kier alpha value is -2.72. The standard InChI is InChI=1S/C19H19N3O/c20-19(23)18(15-7-2-1-3-8-15)21-13-12-16-11-10-14-6-4-5-9-17(14)22-16/h1-11,18,21H,12-13H2,(H2,20,23). The van der Waals surface area contributed by atoms with Crippen LogP contribution in [0.25, 0.3) is 10.9 Å². The van der Waals surface area contributed by atoms with Gasteiger partial charge in [-0.05, 0) is 17.7 Å². The quantitative estimate of drug-likeness (QED) is 0.735. The molecule has 116 valence electrons. The molecule has 0 aliphatic rings. The van der Waals surface area contributed by atoms with Crippen LogP contribution >= 0.6 is 0 Å². The molecular weight excluding hydrogens is 286 g/mol. The van der Waals surface area contributed by atoms with Crippen molar-refractivity contribution in [3.05, 3.63) is 78.0 Å². The van der Waals surface area contributed by atoms with E-state index in [4.69, 9.17) is 5.73 Å². The number of nitrogens with one attached hydrogen (secondary N) is 1. The highest BCUT2D eigenvalue weighted by Gasteiger charge is 2.16. The summed E-state index contributed by atoms with van der Waals surface area (Å²) >= 11 is 0. The highest BCUT2D eigenvalue weighted by atomic mass is 16.1. The highest BCUT2D eigenvalue weighted by molar-refractivity contribution is 5.81. The summed E-state index contributed by atoms with van der Waals surface area (Å²) in [5.41, 5.74) is 8.37. The molecular formula is C19H19N3O. The second kappa shape index (κ2) is 7.03. The van der Waals surface area contributed by atoms with E-state index in [0.717, 1.165) is 28.6 Å². The normalized spacial score (nSPS) is 12.2. The lowest BCUT2D eigenvalue weighted by atomic mass is 10.1. The highest BCUT2D eigenvalue weighted by Crippen LogP contribution is 2.14. The Morgan fingerprint density at radius 2 is 1.74 bits per heavy atom. The first-order chi connectivity index (χ1) is 11.2. The van der Waals surface area contributed by atoms with E-state index < -0.39 is 6.04 Å². The lowest BCUT2D eigenvalue weighted by Crippen LogP contribution is -2.34. The van der Waals surface area contributed by atoms with Gasteiger partial charge in [-0.25, -0.2) is 0 Å². The van der Waals surface area contributed by atoms with Crippen LogP contribution in [0.1, 0.15) is 17.3 Å². The van der Waals surface area contributed by atoms with Crippen LogP contribution in [-0.4, -0.2) is 17.4 Å². The average molecular weight is 305 g/mol. The van der Waals surface area contributed by atoms with Gasteiger partial charge < -0.3 is 11.1 Å². The summed E-state index contributed by atoms with van der Waals surface area (Å²) in [5.74, 6) is -0.373. The van der Waals surface area contributed by atoms with E-state index in [1.54, 1.807) is 0 Å². The number of hydrogen-bond acceptors (Lipinski definition) is 3.